The Labute approximate surface area is 163 Å². The molecule has 0 aliphatic carbocycles. The minimum Gasteiger partial charge on any atom is -0.376 e. The van der Waals surface area contributed by atoms with Gasteiger partial charge in [-0.15, -0.1) is 0 Å². The quantitative estimate of drug-likeness (QED) is 0.733. The van der Waals surface area contributed by atoms with Crippen LogP contribution in [0.15, 0.2) is 23.1 Å². The molecule has 1 aliphatic heterocycles. The SMILES string of the molecule is C[C@H]1C[C@H](C)C[NH+](CC(=O)Nc2cc(S(=O)(=O)N(C)C)ccc2N(C)C)C1. The van der Waals surface area contributed by atoms with Crippen molar-refractivity contribution in [1.29, 1.82) is 0 Å². The van der Waals surface area contributed by atoms with Crippen molar-refractivity contribution in [1.82, 2.24) is 4.31 Å². The van der Waals surface area contributed by atoms with Gasteiger partial charge in [0.25, 0.3) is 5.91 Å². The molecule has 0 bridgehead atoms. The van der Waals surface area contributed by atoms with Gasteiger partial charge in [-0.1, -0.05) is 13.8 Å². The summed E-state index contributed by atoms with van der Waals surface area (Å²) >= 11 is 0. The first kappa shape index (κ1) is 21.7. The zero-order valence-corrected chi connectivity index (χ0v) is 18.1. The smallest absolute Gasteiger partial charge is 0.279 e. The van der Waals surface area contributed by atoms with E-state index in [0.717, 1.165) is 18.8 Å². The third kappa shape index (κ3) is 5.43. The highest BCUT2D eigenvalue weighted by molar-refractivity contribution is 7.89. The number of hydrogen-bond acceptors (Lipinski definition) is 4. The molecule has 0 spiro atoms. The molecule has 1 aliphatic rings. The van der Waals surface area contributed by atoms with E-state index in [-0.39, 0.29) is 10.8 Å². The third-order valence-electron chi connectivity index (χ3n) is 4.99. The Morgan fingerprint density at radius 3 is 2.26 bits per heavy atom. The molecule has 1 amide bonds. The number of piperidine rings is 1. The second-order valence-corrected chi connectivity index (χ2v) is 10.3. The normalized spacial score (nSPS) is 23.3. The van der Waals surface area contributed by atoms with Crippen molar-refractivity contribution in [3.63, 3.8) is 0 Å². The second-order valence-electron chi connectivity index (χ2n) is 8.19. The summed E-state index contributed by atoms with van der Waals surface area (Å²) in [6.45, 7) is 6.84. The summed E-state index contributed by atoms with van der Waals surface area (Å²) in [6.07, 6.45) is 1.21. The predicted octanol–water partition coefficient (Wildman–Crippen LogP) is 0.502. The van der Waals surface area contributed by atoms with Crippen molar-refractivity contribution in [3.8, 4) is 0 Å². The lowest BCUT2D eigenvalue weighted by atomic mass is 9.92. The summed E-state index contributed by atoms with van der Waals surface area (Å²) in [5, 5.41) is 2.94. The molecule has 0 aromatic heterocycles. The fraction of sp³-hybridized carbons (Fsp3) is 0.632. The van der Waals surface area contributed by atoms with Crippen molar-refractivity contribution in [3.05, 3.63) is 18.2 Å². The Morgan fingerprint density at radius 1 is 1.15 bits per heavy atom. The van der Waals surface area contributed by atoms with Crippen LogP contribution in [0.3, 0.4) is 0 Å². The number of carbonyl (C=O) groups excluding carboxylic acids is 1. The number of nitrogens with one attached hydrogen (secondary N) is 2. The molecule has 27 heavy (non-hydrogen) atoms. The van der Waals surface area contributed by atoms with E-state index in [4.69, 9.17) is 0 Å². The lowest BCUT2D eigenvalue weighted by Gasteiger charge is -2.31. The molecular formula is C19H33N4O3S+. The van der Waals surface area contributed by atoms with Gasteiger partial charge in [-0.3, -0.25) is 4.79 Å². The van der Waals surface area contributed by atoms with Crippen LogP contribution in [0.2, 0.25) is 0 Å². The lowest BCUT2D eigenvalue weighted by Crippen LogP contribution is -3.15. The number of carbonyl (C=O) groups is 1. The highest BCUT2D eigenvalue weighted by Gasteiger charge is 2.27. The number of rotatable bonds is 6. The topological polar surface area (TPSA) is 74.2 Å². The van der Waals surface area contributed by atoms with E-state index >= 15 is 0 Å². The first-order valence-electron chi connectivity index (χ1n) is 9.38. The summed E-state index contributed by atoms with van der Waals surface area (Å²) in [6, 6.07) is 4.84. The van der Waals surface area contributed by atoms with Gasteiger partial charge >= 0.3 is 0 Å². The van der Waals surface area contributed by atoms with Crippen LogP contribution in [0, 0.1) is 11.8 Å². The molecule has 0 unspecified atom stereocenters. The van der Waals surface area contributed by atoms with Gasteiger partial charge < -0.3 is 15.1 Å². The number of quaternary nitrogens is 1. The van der Waals surface area contributed by atoms with Crippen molar-refractivity contribution in [2.24, 2.45) is 11.8 Å². The largest absolute Gasteiger partial charge is 0.376 e. The molecule has 1 fully saturated rings. The van der Waals surface area contributed by atoms with Gasteiger partial charge in [0, 0.05) is 40.0 Å². The van der Waals surface area contributed by atoms with Gasteiger partial charge in [-0.2, -0.15) is 0 Å². The average Bonchev–Trinajstić information content (AvgIpc) is 2.53. The van der Waals surface area contributed by atoms with E-state index in [1.165, 1.54) is 29.7 Å². The molecule has 1 heterocycles. The molecule has 1 saturated heterocycles. The molecule has 2 rings (SSSR count). The van der Waals surface area contributed by atoms with Crippen LogP contribution < -0.4 is 15.1 Å². The zero-order valence-electron chi connectivity index (χ0n) is 17.2. The minimum atomic E-state index is -3.56. The van der Waals surface area contributed by atoms with Crippen molar-refractivity contribution < 1.29 is 18.1 Å². The van der Waals surface area contributed by atoms with Crippen molar-refractivity contribution in [2.75, 3.05) is 58.0 Å². The van der Waals surface area contributed by atoms with Gasteiger partial charge in [0.1, 0.15) is 0 Å². The highest BCUT2D eigenvalue weighted by atomic mass is 32.2. The third-order valence-corrected chi connectivity index (χ3v) is 6.80. The van der Waals surface area contributed by atoms with E-state index in [0.29, 0.717) is 24.1 Å². The zero-order chi connectivity index (χ0) is 20.4. The molecule has 0 radical (unpaired) electrons. The molecule has 152 valence electrons. The fourth-order valence-electron chi connectivity index (χ4n) is 3.86. The lowest BCUT2D eigenvalue weighted by molar-refractivity contribution is -0.904. The molecule has 2 atom stereocenters. The number of sulfonamides is 1. The summed E-state index contributed by atoms with van der Waals surface area (Å²) in [5.74, 6) is 1.14. The first-order valence-corrected chi connectivity index (χ1v) is 10.8. The van der Waals surface area contributed by atoms with Crippen LogP contribution in [0.1, 0.15) is 20.3 Å². The Balaban J connectivity index is 2.21. The standard InChI is InChI=1S/C19H32N4O3S/c1-14-9-15(2)12-23(11-14)13-19(24)20-17-10-16(27(25,26)22(5)6)7-8-18(17)21(3)4/h7-8,10,14-15H,9,11-13H2,1-6H3,(H,20,24)/p+1/t14-,15-/m0/s1. The number of amides is 1. The Morgan fingerprint density at radius 2 is 1.74 bits per heavy atom. The molecule has 2 N–H and O–H groups in total. The number of hydrogen-bond donors (Lipinski definition) is 2. The van der Waals surface area contributed by atoms with E-state index in [9.17, 15) is 13.2 Å². The first-order chi connectivity index (χ1) is 12.5. The molecule has 7 nitrogen and oxygen atoms in total. The summed E-state index contributed by atoms with van der Waals surface area (Å²) in [5.41, 5.74) is 1.29. The molecule has 1 aromatic carbocycles. The maximum Gasteiger partial charge on any atom is 0.279 e. The number of likely N-dealkylation sites (tertiary alicyclic amines) is 1. The number of anilines is 2. The molecule has 8 heteroatoms. The van der Waals surface area contributed by atoms with Crippen LogP contribution >= 0.6 is 0 Å². The van der Waals surface area contributed by atoms with Gasteiger partial charge in [-0.05, 0) is 24.6 Å². The predicted molar refractivity (Wildman–Crippen MR) is 109 cm³/mol. The van der Waals surface area contributed by atoms with Crippen molar-refractivity contribution in [2.45, 2.75) is 25.2 Å². The Kier molecular flexibility index (Phi) is 6.88. The Bertz CT molecular complexity index is 767. The second kappa shape index (κ2) is 8.58. The number of nitrogens with zero attached hydrogens (tertiary/aromatic N) is 2. The van der Waals surface area contributed by atoms with E-state index in [1.54, 1.807) is 18.2 Å². The van der Waals surface area contributed by atoms with Crippen LogP contribution in [-0.2, 0) is 14.8 Å². The van der Waals surface area contributed by atoms with Crippen LogP contribution in [-0.4, -0.2) is 66.5 Å². The van der Waals surface area contributed by atoms with E-state index in [1.807, 2.05) is 19.0 Å². The monoisotopic (exact) mass is 397 g/mol. The van der Waals surface area contributed by atoms with Crippen molar-refractivity contribution >= 4 is 27.3 Å². The van der Waals surface area contributed by atoms with Gasteiger partial charge in [-0.25, -0.2) is 12.7 Å². The summed E-state index contributed by atoms with van der Waals surface area (Å²) < 4.78 is 26.0. The van der Waals surface area contributed by atoms with Crippen LogP contribution in [0.4, 0.5) is 11.4 Å². The van der Waals surface area contributed by atoms with Gasteiger partial charge in [0.2, 0.25) is 10.0 Å². The van der Waals surface area contributed by atoms with E-state index in [2.05, 4.69) is 19.2 Å². The molecule has 0 saturated carbocycles. The van der Waals surface area contributed by atoms with Gasteiger partial charge in [0.15, 0.2) is 6.54 Å². The highest BCUT2D eigenvalue weighted by Crippen LogP contribution is 2.28. The molecule has 1 aromatic rings. The Hall–Kier alpha value is -1.64. The summed E-state index contributed by atoms with van der Waals surface area (Å²) in [7, 11) is 3.16. The van der Waals surface area contributed by atoms with E-state index < -0.39 is 10.0 Å². The maximum atomic E-state index is 12.7. The van der Waals surface area contributed by atoms with Crippen LogP contribution in [0.5, 0.6) is 0 Å². The van der Waals surface area contributed by atoms with Gasteiger partial charge in [0.05, 0.1) is 29.4 Å². The minimum absolute atomic E-state index is 0.0891. The molecular weight excluding hydrogens is 364 g/mol. The fourth-order valence-corrected chi connectivity index (χ4v) is 4.79. The maximum absolute atomic E-state index is 12.7. The summed E-state index contributed by atoms with van der Waals surface area (Å²) in [4.78, 5) is 16.0. The number of benzene rings is 1. The van der Waals surface area contributed by atoms with Crippen LogP contribution in [0.25, 0.3) is 0 Å². The average molecular weight is 398 g/mol.